The Balaban J connectivity index is 1.50. The van der Waals surface area contributed by atoms with Gasteiger partial charge in [-0.3, -0.25) is 14.4 Å². The predicted octanol–water partition coefficient (Wildman–Crippen LogP) is 3.51. The van der Waals surface area contributed by atoms with E-state index in [1.165, 1.54) is 0 Å². The van der Waals surface area contributed by atoms with Crippen LogP contribution in [-0.2, 0) is 19.1 Å². The number of rotatable bonds is 10. The van der Waals surface area contributed by atoms with Crippen LogP contribution in [0.1, 0.15) is 68.7 Å². The number of benzene rings is 1. The summed E-state index contributed by atoms with van der Waals surface area (Å²) in [7, 11) is 0. The van der Waals surface area contributed by atoms with Crippen LogP contribution >= 0.6 is 0 Å². The summed E-state index contributed by atoms with van der Waals surface area (Å²) in [5.41, 5.74) is 0.747. The van der Waals surface area contributed by atoms with Crippen LogP contribution in [0, 0.1) is 6.92 Å². The van der Waals surface area contributed by atoms with Gasteiger partial charge in [0.2, 0.25) is 17.7 Å². The first kappa shape index (κ1) is 24.9. The number of nitrogens with one attached hydrogen (secondary N) is 2. The molecule has 2 aliphatic rings. The molecular weight excluding hydrogens is 448 g/mol. The Labute approximate surface area is 205 Å². The lowest BCUT2D eigenvalue weighted by atomic mass is 10.0. The maximum absolute atomic E-state index is 13.6. The number of amides is 3. The Morgan fingerprint density at radius 1 is 1.09 bits per heavy atom. The predicted molar refractivity (Wildman–Crippen MR) is 129 cm³/mol. The molecule has 3 amide bonds. The van der Waals surface area contributed by atoms with Crippen molar-refractivity contribution >= 4 is 23.5 Å². The molecule has 1 aliphatic carbocycles. The molecule has 0 spiro atoms. The molecule has 2 aromatic rings. The van der Waals surface area contributed by atoms with Crippen molar-refractivity contribution < 1.29 is 23.6 Å². The van der Waals surface area contributed by atoms with Gasteiger partial charge in [-0.25, -0.2) is 0 Å². The van der Waals surface area contributed by atoms with Gasteiger partial charge in [-0.15, -0.1) is 0 Å². The van der Waals surface area contributed by atoms with Crippen molar-refractivity contribution in [1.29, 1.82) is 0 Å². The van der Waals surface area contributed by atoms with Gasteiger partial charge < -0.3 is 24.8 Å². The van der Waals surface area contributed by atoms with Crippen LogP contribution < -0.4 is 10.6 Å². The molecule has 1 saturated carbocycles. The Morgan fingerprint density at radius 3 is 2.51 bits per heavy atom. The average Bonchev–Trinajstić information content (AvgIpc) is 3.62. The van der Waals surface area contributed by atoms with Crippen LogP contribution in [-0.4, -0.2) is 53.1 Å². The summed E-state index contributed by atoms with van der Waals surface area (Å²) in [5, 5.41) is 9.56. The standard InChI is InChI=1S/C26H34N4O5/c1-18-16-22(29-35-18)28-23(31)13-14-24(32)30(17-21-12-7-15-34-21)25(19-8-3-2-4-9-19)26(33)27-20-10-5-6-11-20/h2-4,8-9,16,20-21,25H,5-7,10-15,17H2,1H3,(H,27,33)(H,28,29,31)/t21-,25+/m0/s1. The second-order valence-corrected chi connectivity index (χ2v) is 9.36. The van der Waals surface area contributed by atoms with Gasteiger partial charge in [-0.05, 0) is 38.2 Å². The molecule has 1 saturated heterocycles. The van der Waals surface area contributed by atoms with Gasteiger partial charge in [0.25, 0.3) is 0 Å². The fourth-order valence-corrected chi connectivity index (χ4v) is 4.81. The summed E-state index contributed by atoms with van der Waals surface area (Å²) >= 11 is 0. The minimum atomic E-state index is -0.783. The van der Waals surface area contributed by atoms with Crippen molar-refractivity contribution in [3.63, 3.8) is 0 Å². The van der Waals surface area contributed by atoms with Crippen LogP contribution in [0.4, 0.5) is 5.82 Å². The second kappa shape index (κ2) is 12.0. The van der Waals surface area contributed by atoms with Crippen molar-refractivity contribution in [3.8, 4) is 0 Å². The SMILES string of the molecule is Cc1cc(NC(=O)CCC(=O)N(C[C@@H]2CCCO2)[C@@H](C(=O)NC2CCCC2)c2ccccc2)no1. The molecule has 2 atom stereocenters. The zero-order valence-electron chi connectivity index (χ0n) is 20.2. The minimum absolute atomic E-state index is 0.0292. The molecule has 2 heterocycles. The number of anilines is 1. The van der Waals surface area contributed by atoms with Crippen LogP contribution in [0.3, 0.4) is 0 Å². The number of carbonyl (C=O) groups is 3. The van der Waals surface area contributed by atoms with Gasteiger partial charge in [0.1, 0.15) is 11.8 Å². The highest BCUT2D eigenvalue weighted by Gasteiger charge is 2.35. The lowest BCUT2D eigenvalue weighted by Gasteiger charge is -2.34. The average molecular weight is 483 g/mol. The maximum Gasteiger partial charge on any atom is 0.247 e. The monoisotopic (exact) mass is 482 g/mol. The lowest BCUT2D eigenvalue weighted by molar-refractivity contribution is -0.143. The van der Waals surface area contributed by atoms with E-state index in [9.17, 15) is 14.4 Å². The smallest absolute Gasteiger partial charge is 0.247 e. The molecule has 0 radical (unpaired) electrons. The summed E-state index contributed by atoms with van der Waals surface area (Å²) in [4.78, 5) is 41.1. The molecule has 188 valence electrons. The molecule has 0 bridgehead atoms. The molecule has 35 heavy (non-hydrogen) atoms. The molecule has 2 N–H and O–H groups in total. The highest BCUT2D eigenvalue weighted by Crippen LogP contribution is 2.27. The minimum Gasteiger partial charge on any atom is -0.376 e. The Kier molecular flexibility index (Phi) is 8.52. The van der Waals surface area contributed by atoms with E-state index in [2.05, 4.69) is 15.8 Å². The number of aryl methyl sites for hydroxylation is 1. The van der Waals surface area contributed by atoms with Crippen molar-refractivity contribution in [2.75, 3.05) is 18.5 Å². The summed E-state index contributed by atoms with van der Waals surface area (Å²) in [6, 6.07) is 10.3. The molecule has 9 nitrogen and oxygen atoms in total. The number of ether oxygens (including phenoxy) is 1. The molecule has 4 rings (SSSR count). The largest absolute Gasteiger partial charge is 0.376 e. The van der Waals surface area contributed by atoms with Gasteiger partial charge in [0.15, 0.2) is 5.82 Å². The van der Waals surface area contributed by atoms with Crippen LogP contribution in [0.25, 0.3) is 0 Å². The van der Waals surface area contributed by atoms with Crippen LogP contribution in [0.15, 0.2) is 40.9 Å². The number of nitrogens with zero attached hydrogens (tertiary/aromatic N) is 2. The number of hydrogen-bond acceptors (Lipinski definition) is 6. The maximum atomic E-state index is 13.6. The normalized spacial score (nSPS) is 18.8. The Morgan fingerprint density at radius 2 is 1.86 bits per heavy atom. The molecule has 2 fully saturated rings. The molecule has 1 aromatic heterocycles. The van der Waals surface area contributed by atoms with Crippen molar-refractivity contribution in [2.45, 2.75) is 76.5 Å². The van der Waals surface area contributed by atoms with E-state index >= 15 is 0 Å². The van der Waals surface area contributed by atoms with E-state index < -0.39 is 6.04 Å². The third kappa shape index (κ3) is 6.91. The van der Waals surface area contributed by atoms with E-state index in [1.807, 2.05) is 30.3 Å². The topological polar surface area (TPSA) is 114 Å². The van der Waals surface area contributed by atoms with E-state index in [-0.39, 0.29) is 42.7 Å². The first-order valence-corrected chi connectivity index (χ1v) is 12.5. The van der Waals surface area contributed by atoms with Crippen LogP contribution in [0.5, 0.6) is 0 Å². The molecule has 0 unspecified atom stereocenters. The van der Waals surface area contributed by atoms with Gasteiger partial charge in [-0.2, -0.15) is 0 Å². The summed E-state index contributed by atoms with van der Waals surface area (Å²) < 4.78 is 10.8. The number of aromatic nitrogens is 1. The summed E-state index contributed by atoms with van der Waals surface area (Å²) in [6.07, 6.45) is 5.67. The van der Waals surface area contributed by atoms with Crippen molar-refractivity contribution in [1.82, 2.24) is 15.4 Å². The lowest BCUT2D eigenvalue weighted by Crippen LogP contribution is -2.48. The fraction of sp³-hybridized carbons (Fsp3) is 0.538. The van der Waals surface area contributed by atoms with Gasteiger partial charge >= 0.3 is 0 Å². The van der Waals surface area contributed by atoms with Crippen molar-refractivity contribution in [3.05, 3.63) is 47.7 Å². The fourth-order valence-electron chi connectivity index (χ4n) is 4.81. The van der Waals surface area contributed by atoms with E-state index in [4.69, 9.17) is 9.26 Å². The number of hydrogen-bond donors (Lipinski definition) is 2. The van der Waals surface area contributed by atoms with Gasteiger partial charge in [0.05, 0.1) is 6.10 Å². The number of carbonyl (C=O) groups excluding carboxylic acids is 3. The third-order valence-electron chi connectivity index (χ3n) is 6.58. The van der Waals surface area contributed by atoms with Crippen LogP contribution in [0.2, 0.25) is 0 Å². The second-order valence-electron chi connectivity index (χ2n) is 9.36. The summed E-state index contributed by atoms with van der Waals surface area (Å²) in [6.45, 7) is 2.69. The van der Waals surface area contributed by atoms with Gasteiger partial charge in [-0.1, -0.05) is 48.3 Å². The molecular formula is C26H34N4O5. The van der Waals surface area contributed by atoms with E-state index in [1.54, 1.807) is 17.9 Å². The molecule has 1 aliphatic heterocycles. The molecule has 9 heteroatoms. The van der Waals surface area contributed by atoms with Crippen molar-refractivity contribution in [2.24, 2.45) is 0 Å². The Bertz CT molecular complexity index is 996. The molecule has 1 aromatic carbocycles. The first-order valence-electron chi connectivity index (χ1n) is 12.5. The van der Waals surface area contributed by atoms with E-state index in [0.717, 1.165) is 44.1 Å². The highest BCUT2D eigenvalue weighted by atomic mass is 16.5. The Hall–Kier alpha value is -3.20. The third-order valence-corrected chi connectivity index (χ3v) is 6.58. The van der Waals surface area contributed by atoms with Gasteiger partial charge in [0, 0.05) is 38.1 Å². The van der Waals surface area contributed by atoms with E-state index in [0.29, 0.717) is 24.7 Å². The zero-order chi connectivity index (χ0) is 24.6. The zero-order valence-corrected chi connectivity index (χ0v) is 20.2. The highest BCUT2D eigenvalue weighted by molar-refractivity contribution is 5.94. The quantitative estimate of drug-likeness (QED) is 0.536. The first-order chi connectivity index (χ1) is 17.0. The summed E-state index contributed by atoms with van der Waals surface area (Å²) in [5.74, 6) is 0.113.